The molecule has 4 N–H and O–H groups in total. The number of aliphatic hydroxyl groups is 2. The summed E-state index contributed by atoms with van der Waals surface area (Å²) in [5.41, 5.74) is 0.872. The Morgan fingerprint density at radius 1 is 1.36 bits per heavy atom. The molecule has 3 rings (SSSR count). The third-order valence-electron chi connectivity index (χ3n) is 6.06. The van der Waals surface area contributed by atoms with Crippen LogP contribution in [0.15, 0.2) is 24.4 Å². The van der Waals surface area contributed by atoms with Crippen molar-refractivity contribution in [3.63, 3.8) is 0 Å². The molecule has 1 saturated heterocycles. The summed E-state index contributed by atoms with van der Waals surface area (Å²) in [5, 5.41) is 26.2. The molecule has 1 aliphatic rings. The van der Waals surface area contributed by atoms with Gasteiger partial charge in [0.15, 0.2) is 6.29 Å². The number of pyridine rings is 2. The summed E-state index contributed by atoms with van der Waals surface area (Å²) in [6.07, 6.45) is 1.53. The molecule has 2 aromatic rings. The number of aliphatic hydroxyl groups excluding tert-OH is 1. The Balaban J connectivity index is 1.74. The minimum Gasteiger partial charge on any atom is -0.383 e. The van der Waals surface area contributed by atoms with Gasteiger partial charge in [-0.05, 0) is 32.5 Å². The molecule has 2 amide bonds. The van der Waals surface area contributed by atoms with Gasteiger partial charge in [-0.2, -0.15) is 0 Å². The molecular weight excluding hydrogens is 502 g/mol. The van der Waals surface area contributed by atoms with E-state index < -0.39 is 17.9 Å². The zero-order valence-electron chi connectivity index (χ0n) is 23.1. The Bertz CT molecular complexity index is 1220. The smallest absolute Gasteiger partial charge is 0.328 e. The maximum atomic E-state index is 13.0. The lowest BCUT2D eigenvalue weighted by atomic mass is 10.1. The fraction of sp³-hybridized carbons (Fsp3) is 0.481. The predicted octanol–water partition coefficient (Wildman–Crippen LogP) is 1.20. The van der Waals surface area contributed by atoms with Crippen LogP contribution in [0.1, 0.15) is 35.5 Å². The number of aromatic nitrogens is 2. The monoisotopic (exact) mass is 539 g/mol. The van der Waals surface area contributed by atoms with Gasteiger partial charge in [0, 0.05) is 59.1 Å². The van der Waals surface area contributed by atoms with E-state index in [9.17, 15) is 19.8 Å². The van der Waals surface area contributed by atoms with Crippen molar-refractivity contribution in [1.29, 1.82) is 0 Å². The van der Waals surface area contributed by atoms with Crippen molar-refractivity contribution >= 4 is 29.6 Å². The molecule has 210 valence electrons. The van der Waals surface area contributed by atoms with Gasteiger partial charge in [-0.15, -0.1) is 0 Å². The Hall–Kier alpha value is -3.60. The normalized spacial score (nSPS) is 16.2. The molecule has 1 unspecified atom stereocenters. The summed E-state index contributed by atoms with van der Waals surface area (Å²) in [6, 6.07) is 4.54. The lowest BCUT2D eigenvalue weighted by Crippen LogP contribution is -2.51. The second-order valence-electron chi connectivity index (χ2n) is 9.88. The van der Waals surface area contributed by atoms with Crippen LogP contribution < -0.4 is 15.5 Å². The van der Waals surface area contributed by atoms with Gasteiger partial charge in [0.25, 0.3) is 0 Å². The number of carbonyl (C=O) groups is 2. The highest BCUT2D eigenvalue weighted by Gasteiger charge is 2.24. The van der Waals surface area contributed by atoms with Gasteiger partial charge in [-0.1, -0.05) is 17.9 Å². The quantitative estimate of drug-likeness (QED) is 0.209. The Labute approximate surface area is 229 Å². The van der Waals surface area contributed by atoms with Crippen LogP contribution in [0, 0.1) is 11.8 Å². The number of likely N-dealkylation sites (N-methyl/N-ethyl adjacent to an activating group) is 1. The number of ether oxygens (including phenoxy) is 1. The molecule has 12 nitrogen and oxygen atoms in total. The first-order valence-corrected chi connectivity index (χ1v) is 12.6. The van der Waals surface area contributed by atoms with Crippen LogP contribution in [-0.2, 0) is 11.3 Å². The van der Waals surface area contributed by atoms with Crippen molar-refractivity contribution in [3.8, 4) is 11.8 Å². The molecule has 0 bridgehead atoms. The lowest BCUT2D eigenvalue weighted by Gasteiger charge is -2.37. The first kappa shape index (κ1) is 29.9. The van der Waals surface area contributed by atoms with Gasteiger partial charge in [0.2, 0.25) is 0 Å². The number of amides is 2. The van der Waals surface area contributed by atoms with Gasteiger partial charge < -0.3 is 25.2 Å². The molecule has 0 radical (unpaired) electrons. The fourth-order valence-corrected chi connectivity index (χ4v) is 3.83. The highest BCUT2D eigenvalue weighted by molar-refractivity contribution is 6.00. The van der Waals surface area contributed by atoms with E-state index >= 15 is 0 Å². The van der Waals surface area contributed by atoms with Gasteiger partial charge in [-0.25, -0.2) is 14.8 Å². The predicted molar refractivity (Wildman–Crippen MR) is 149 cm³/mol. The minimum atomic E-state index is -1.17. The number of hydrogen-bond acceptors (Lipinski definition) is 10. The molecule has 39 heavy (non-hydrogen) atoms. The Morgan fingerprint density at radius 2 is 2.13 bits per heavy atom. The zero-order valence-corrected chi connectivity index (χ0v) is 23.1. The van der Waals surface area contributed by atoms with E-state index in [0.29, 0.717) is 55.9 Å². The number of nitrogens with one attached hydrogen (secondary N) is 2. The van der Waals surface area contributed by atoms with E-state index in [0.717, 1.165) is 6.54 Å². The van der Waals surface area contributed by atoms with E-state index in [2.05, 4.69) is 32.4 Å². The summed E-state index contributed by atoms with van der Waals surface area (Å²) in [7, 11) is 5.08. The van der Waals surface area contributed by atoms with Gasteiger partial charge in [0.05, 0.1) is 17.9 Å². The number of methoxy groups -OCH3 is 1. The molecule has 2 aromatic heterocycles. The van der Waals surface area contributed by atoms with Gasteiger partial charge >= 0.3 is 6.03 Å². The third kappa shape index (κ3) is 8.71. The summed E-state index contributed by atoms with van der Waals surface area (Å²) < 4.78 is 5.09. The summed E-state index contributed by atoms with van der Waals surface area (Å²) in [4.78, 5) is 38.7. The van der Waals surface area contributed by atoms with Crippen LogP contribution in [0.2, 0.25) is 0 Å². The lowest BCUT2D eigenvalue weighted by molar-refractivity contribution is -0.0538. The van der Waals surface area contributed by atoms with Crippen LogP contribution in [0.25, 0.3) is 0 Å². The number of rotatable bonds is 9. The minimum absolute atomic E-state index is 0.204. The van der Waals surface area contributed by atoms with Crippen LogP contribution in [0.5, 0.6) is 0 Å². The number of aldehydes is 1. The average molecular weight is 540 g/mol. The van der Waals surface area contributed by atoms with Gasteiger partial charge in [-0.3, -0.25) is 19.9 Å². The third-order valence-corrected chi connectivity index (χ3v) is 6.06. The molecular formula is C27H37N7O5. The second-order valence-corrected chi connectivity index (χ2v) is 9.88. The fourth-order valence-electron chi connectivity index (χ4n) is 3.83. The van der Waals surface area contributed by atoms with E-state index in [-0.39, 0.29) is 17.3 Å². The average Bonchev–Trinajstić information content (AvgIpc) is 2.89. The number of carbonyl (C=O) groups excluding carboxylic acids is 2. The van der Waals surface area contributed by atoms with E-state index in [1.165, 1.54) is 18.1 Å². The molecule has 1 fully saturated rings. The first-order chi connectivity index (χ1) is 18.5. The molecule has 0 saturated carbocycles. The highest BCUT2D eigenvalue weighted by atomic mass is 16.5. The van der Waals surface area contributed by atoms with Crippen molar-refractivity contribution in [2.45, 2.75) is 32.2 Å². The molecule has 1 aliphatic heterocycles. The maximum Gasteiger partial charge on any atom is 0.328 e. The Morgan fingerprint density at radius 3 is 2.79 bits per heavy atom. The highest BCUT2D eigenvalue weighted by Crippen LogP contribution is 2.21. The zero-order chi connectivity index (χ0) is 28.6. The van der Waals surface area contributed by atoms with Crippen LogP contribution in [0.4, 0.5) is 22.1 Å². The largest absolute Gasteiger partial charge is 0.383 e. The van der Waals surface area contributed by atoms with Crippen molar-refractivity contribution in [3.05, 3.63) is 41.2 Å². The van der Waals surface area contributed by atoms with Crippen molar-refractivity contribution in [2.24, 2.45) is 0 Å². The SMILES string of the molecule is COCCNc1cc(NC(=O)N(C)c2ccc(CN3CCN(C)CC3O)c(C=O)n2)ncc1C#CC(C)(C)O. The van der Waals surface area contributed by atoms with Crippen molar-refractivity contribution in [1.82, 2.24) is 19.8 Å². The van der Waals surface area contributed by atoms with Crippen LogP contribution >= 0.6 is 0 Å². The summed E-state index contributed by atoms with van der Waals surface area (Å²) >= 11 is 0. The number of nitrogens with zero attached hydrogens (tertiary/aromatic N) is 5. The number of piperazine rings is 1. The Kier molecular flexibility index (Phi) is 10.3. The van der Waals surface area contributed by atoms with E-state index in [1.807, 2.05) is 16.8 Å². The number of β-amino-alcohol motifs (C(OH)–C–C–N with tert-alkyl or cyclic N) is 1. The molecule has 0 aromatic carbocycles. The number of urea groups is 1. The van der Waals surface area contributed by atoms with E-state index in [1.54, 1.807) is 39.2 Å². The number of hydrogen-bond donors (Lipinski definition) is 4. The van der Waals surface area contributed by atoms with Crippen LogP contribution in [-0.4, -0.2) is 108 Å². The molecule has 1 atom stereocenters. The first-order valence-electron chi connectivity index (χ1n) is 12.6. The van der Waals surface area contributed by atoms with Crippen LogP contribution in [0.3, 0.4) is 0 Å². The molecule has 0 aliphatic carbocycles. The van der Waals surface area contributed by atoms with Gasteiger partial charge in [0.1, 0.15) is 29.2 Å². The summed E-state index contributed by atoms with van der Waals surface area (Å²) in [6.45, 7) is 6.50. The second kappa shape index (κ2) is 13.5. The van der Waals surface area contributed by atoms with Crippen molar-refractivity contribution < 1.29 is 24.5 Å². The molecule has 12 heteroatoms. The number of anilines is 3. The summed E-state index contributed by atoms with van der Waals surface area (Å²) in [5.74, 6) is 6.22. The van der Waals surface area contributed by atoms with Crippen molar-refractivity contribution in [2.75, 3.05) is 69.5 Å². The molecule has 0 spiro atoms. The van der Waals surface area contributed by atoms with E-state index in [4.69, 9.17) is 4.74 Å². The maximum absolute atomic E-state index is 13.0. The standard InChI is InChI=1S/C27H37N7O5/c1-27(2,38)9-8-19-15-29-23(14-21(19)28-10-13-39-5)31-26(37)33(4)24-7-6-20(22(18-35)30-24)16-34-12-11-32(3)17-25(34)36/h6-7,14-15,18,25,36,38H,10-13,16-17H2,1-5H3,(H2,28,29,31,37). The topological polar surface area (TPSA) is 143 Å². The molecule has 3 heterocycles.